The minimum absolute atomic E-state index is 0.159. The molecule has 20 heteroatoms. The molecule has 5 rings (SSSR count). The molecule has 0 unspecified atom stereocenters. The van der Waals surface area contributed by atoms with Crippen LogP contribution in [0.2, 0.25) is 0 Å². The summed E-state index contributed by atoms with van der Waals surface area (Å²) in [6, 6.07) is -2.62. The van der Waals surface area contributed by atoms with Crippen LogP contribution in [0.25, 0.3) is 10.9 Å². The molecule has 1 aromatic heterocycles. The van der Waals surface area contributed by atoms with Crippen LogP contribution in [-0.4, -0.2) is 145 Å². The van der Waals surface area contributed by atoms with Gasteiger partial charge in [-0.3, -0.25) is 33.6 Å². The van der Waals surface area contributed by atoms with E-state index in [4.69, 9.17) is 5.73 Å². The molecule has 1 saturated heterocycles. The van der Waals surface area contributed by atoms with Crippen molar-refractivity contribution in [3.05, 3.63) is 29.8 Å². The number of para-hydroxylation sites is 1. The van der Waals surface area contributed by atoms with Gasteiger partial charge in [0.2, 0.25) is 41.4 Å². The normalized spacial score (nSPS) is 30.8. The third-order valence-corrected chi connectivity index (χ3v) is 11.1. The second-order valence-electron chi connectivity index (χ2n) is 14.7. The zero-order chi connectivity index (χ0) is 40.4. The van der Waals surface area contributed by atoms with Gasteiger partial charge < -0.3 is 62.8 Å². The fraction of sp³-hybridized carbons (Fsp3) is 0.571. The van der Waals surface area contributed by atoms with E-state index in [2.05, 4.69) is 36.9 Å². The Hall–Kier alpha value is -4.76. The molecule has 2 bridgehead atoms. The minimum atomic E-state index is -1.67. The predicted molar refractivity (Wildman–Crippen MR) is 198 cm³/mol. The second-order valence-corrected chi connectivity index (χ2v) is 15.7. The first-order chi connectivity index (χ1) is 25.9. The lowest BCUT2D eigenvalue weighted by atomic mass is 9.95. The van der Waals surface area contributed by atoms with E-state index < -0.39 is 108 Å². The summed E-state index contributed by atoms with van der Waals surface area (Å²) < 4.78 is 0. The standard InChI is InChI=1S/C35H49N9O10S/c1-15-27(47)39-22-10-20-19-7-5-6-8-21(19)42-33(20)55-13-24(34(53)44-12-18(46)9-25(44)31(51)38-15)41-32(52)26(17(3)45)43-28(48)16(2)37-30(50)23(40-29(22)49)11-35(4,54)14-36/h5-8,15-18,22-26,42,45-46,54H,9-14,36H2,1-4H3,(H,37,50)(H,38,51)(H,39,47)(H,40,49)(H,41,52)(H,43,48)/t15-,16-,17-,18+,22-,23+,24+,25-,26+,35+/m0/s1. The lowest BCUT2D eigenvalue weighted by molar-refractivity contribution is -0.142. The van der Waals surface area contributed by atoms with Crippen molar-refractivity contribution in [2.75, 3.05) is 18.8 Å². The Morgan fingerprint density at radius 1 is 0.873 bits per heavy atom. The average molecular weight is 788 g/mol. The maximum absolute atomic E-state index is 14.3. The van der Waals surface area contributed by atoms with Gasteiger partial charge in [-0.15, -0.1) is 11.8 Å². The van der Waals surface area contributed by atoms with E-state index in [-0.39, 0.29) is 31.7 Å². The number of rotatable bonds is 4. The summed E-state index contributed by atoms with van der Waals surface area (Å²) >= 11 is 1.10. The van der Waals surface area contributed by atoms with Crippen molar-refractivity contribution in [2.45, 2.75) is 112 Å². The predicted octanol–water partition coefficient (Wildman–Crippen LogP) is -3.78. The topological polar surface area (TPSA) is 297 Å². The molecule has 1 aromatic carbocycles. The Labute approximate surface area is 320 Å². The van der Waals surface area contributed by atoms with Crippen molar-refractivity contribution in [1.29, 1.82) is 0 Å². The monoisotopic (exact) mass is 787 g/mol. The quantitative estimate of drug-likeness (QED) is 0.142. The fourth-order valence-corrected chi connectivity index (χ4v) is 7.87. The number of carbonyl (C=O) groups excluding carboxylic acids is 7. The number of thioether (sulfide) groups is 1. The molecular formula is C35H49N9O10S. The van der Waals surface area contributed by atoms with Crippen molar-refractivity contribution in [1.82, 2.24) is 41.8 Å². The summed E-state index contributed by atoms with van der Waals surface area (Å²) in [4.78, 5) is 101. The van der Waals surface area contributed by atoms with Gasteiger partial charge in [0.05, 0.1) is 22.8 Å². The second kappa shape index (κ2) is 16.9. The van der Waals surface area contributed by atoms with E-state index in [9.17, 15) is 48.9 Å². The highest BCUT2D eigenvalue weighted by molar-refractivity contribution is 7.99. The van der Waals surface area contributed by atoms with Crippen LogP contribution in [0.4, 0.5) is 0 Å². The third kappa shape index (κ3) is 9.55. The Balaban J connectivity index is 1.69. The summed E-state index contributed by atoms with van der Waals surface area (Å²) in [6.45, 7) is 4.70. The van der Waals surface area contributed by atoms with E-state index in [0.717, 1.165) is 16.7 Å². The van der Waals surface area contributed by atoms with E-state index in [1.165, 1.54) is 27.7 Å². The third-order valence-electron chi connectivity index (χ3n) is 9.97. The van der Waals surface area contributed by atoms with Gasteiger partial charge in [-0.2, -0.15) is 0 Å². The number of fused-ring (bicyclic) bond motifs is 5. The first-order valence-corrected chi connectivity index (χ1v) is 19.0. The summed E-state index contributed by atoms with van der Waals surface area (Å²) in [5.74, 6) is -6.07. The van der Waals surface area contributed by atoms with Crippen LogP contribution in [0.15, 0.2) is 29.3 Å². The zero-order valence-corrected chi connectivity index (χ0v) is 31.7. The number of nitrogens with two attached hydrogens (primary N) is 1. The molecule has 3 aliphatic rings. The van der Waals surface area contributed by atoms with Crippen molar-refractivity contribution < 1.29 is 48.9 Å². The van der Waals surface area contributed by atoms with Crippen molar-refractivity contribution in [3.8, 4) is 0 Å². The number of aliphatic hydroxyl groups is 3. The molecule has 300 valence electrons. The van der Waals surface area contributed by atoms with Crippen molar-refractivity contribution in [2.24, 2.45) is 5.73 Å². The number of H-pyrrole nitrogens is 1. The largest absolute Gasteiger partial charge is 0.391 e. The molecular weight excluding hydrogens is 739 g/mol. The minimum Gasteiger partial charge on any atom is -0.391 e. The van der Waals surface area contributed by atoms with Crippen LogP contribution in [0.5, 0.6) is 0 Å². The highest BCUT2D eigenvalue weighted by Crippen LogP contribution is 2.32. The van der Waals surface area contributed by atoms with E-state index in [0.29, 0.717) is 21.5 Å². The molecule has 12 N–H and O–H groups in total. The van der Waals surface area contributed by atoms with Gasteiger partial charge in [0.1, 0.15) is 42.3 Å². The highest BCUT2D eigenvalue weighted by Gasteiger charge is 2.44. The SMILES string of the molecule is C[C@@H]1NC(=O)[C@@H](C[C@@](C)(O)CN)NC(=O)[C@@H]2Cc3c([nH]c4ccccc34)SC[C@@H](NC(=O)[C@@H]([C@H](C)O)NC1=O)C(=O)N1C[C@H](O)C[C@H]1C(=O)N[C@@H](C)C(=O)N2. The maximum atomic E-state index is 14.3. The molecule has 4 heterocycles. The lowest BCUT2D eigenvalue weighted by Crippen LogP contribution is -2.62. The average Bonchev–Trinajstić information content (AvgIpc) is 3.69. The molecule has 19 nitrogen and oxygen atoms in total. The molecule has 0 saturated carbocycles. The van der Waals surface area contributed by atoms with Gasteiger partial charge in [-0.05, 0) is 39.3 Å². The summed E-state index contributed by atoms with van der Waals surface area (Å²) in [6.07, 6.45) is -3.35. The van der Waals surface area contributed by atoms with Gasteiger partial charge in [0.15, 0.2) is 0 Å². The van der Waals surface area contributed by atoms with Gasteiger partial charge in [-0.1, -0.05) is 18.2 Å². The van der Waals surface area contributed by atoms with Crippen molar-refractivity contribution in [3.63, 3.8) is 0 Å². The molecule has 55 heavy (non-hydrogen) atoms. The molecule has 0 aliphatic carbocycles. The number of carbonyl (C=O) groups is 7. The highest BCUT2D eigenvalue weighted by atomic mass is 32.2. The van der Waals surface area contributed by atoms with Gasteiger partial charge in [0.25, 0.3) is 0 Å². The zero-order valence-electron chi connectivity index (χ0n) is 30.9. The van der Waals surface area contributed by atoms with E-state index >= 15 is 0 Å². The summed E-state index contributed by atoms with van der Waals surface area (Å²) in [5.41, 5.74) is 5.27. The molecule has 1 fully saturated rings. The van der Waals surface area contributed by atoms with E-state index in [1.54, 1.807) is 24.3 Å². The van der Waals surface area contributed by atoms with Crippen LogP contribution < -0.4 is 37.6 Å². The van der Waals surface area contributed by atoms with Crippen LogP contribution in [0.1, 0.15) is 46.1 Å². The Kier molecular flexibility index (Phi) is 12.8. The van der Waals surface area contributed by atoms with Gasteiger partial charge in [-0.25, -0.2) is 0 Å². The van der Waals surface area contributed by atoms with Crippen LogP contribution >= 0.6 is 11.8 Å². The molecule has 0 radical (unpaired) electrons. The first kappa shape index (κ1) is 41.4. The van der Waals surface area contributed by atoms with Crippen LogP contribution in [-0.2, 0) is 40.0 Å². The number of benzene rings is 1. The van der Waals surface area contributed by atoms with Crippen LogP contribution in [0.3, 0.4) is 0 Å². The van der Waals surface area contributed by atoms with Crippen LogP contribution in [0, 0.1) is 0 Å². The Bertz CT molecular complexity index is 1840. The lowest BCUT2D eigenvalue weighted by Gasteiger charge is -2.31. The number of amides is 7. The number of nitrogens with zero attached hydrogens (tertiary/aromatic N) is 1. The molecule has 2 aromatic rings. The first-order valence-electron chi connectivity index (χ1n) is 18.0. The number of hydrogen-bond donors (Lipinski definition) is 11. The van der Waals surface area contributed by atoms with Crippen molar-refractivity contribution >= 4 is 64.0 Å². The van der Waals surface area contributed by atoms with Gasteiger partial charge >= 0.3 is 0 Å². The summed E-state index contributed by atoms with van der Waals surface area (Å²) in [7, 11) is 0. The Morgan fingerprint density at radius 3 is 2.18 bits per heavy atom. The molecule has 0 spiro atoms. The number of hydrogen-bond acceptors (Lipinski definition) is 12. The molecule has 10 atom stereocenters. The smallest absolute Gasteiger partial charge is 0.246 e. The number of nitrogens with one attached hydrogen (secondary N) is 7. The Morgan fingerprint density at radius 2 is 1.51 bits per heavy atom. The molecule has 7 amide bonds. The maximum Gasteiger partial charge on any atom is 0.246 e. The number of aliphatic hydroxyl groups excluding tert-OH is 2. The molecule has 3 aliphatic heterocycles. The number of aromatic amines is 1. The fourth-order valence-electron chi connectivity index (χ4n) is 6.76. The summed E-state index contributed by atoms with van der Waals surface area (Å²) in [5, 5.41) is 48.6. The van der Waals surface area contributed by atoms with Gasteiger partial charge in [0, 0.05) is 49.0 Å². The number of aromatic nitrogens is 1. The van der Waals surface area contributed by atoms with E-state index in [1.807, 2.05) is 0 Å².